The molecule has 0 saturated heterocycles. The second-order valence-electron chi connectivity index (χ2n) is 3.18. The minimum absolute atomic E-state index is 0.0349. The first-order valence-corrected chi connectivity index (χ1v) is 5.93. The molecular weight excluding hydrogens is 228 g/mol. The van der Waals surface area contributed by atoms with E-state index >= 15 is 0 Å². The van der Waals surface area contributed by atoms with E-state index in [4.69, 9.17) is 0 Å². The number of rotatable bonds is 4. The van der Waals surface area contributed by atoms with Crippen molar-refractivity contribution in [3.8, 4) is 0 Å². The van der Waals surface area contributed by atoms with Crippen LogP contribution < -0.4 is 10.6 Å². The van der Waals surface area contributed by atoms with Gasteiger partial charge in [0.1, 0.15) is 5.51 Å². The van der Waals surface area contributed by atoms with Crippen LogP contribution in [0, 0.1) is 0 Å². The fourth-order valence-corrected chi connectivity index (χ4v) is 1.57. The quantitative estimate of drug-likeness (QED) is 0.764. The highest BCUT2D eigenvalue weighted by atomic mass is 32.1. The van der Waals surface area contributed by atoms with Crippen LogP contribution in [0.1, 0.15) is 26.7 Å². The smallest absolute Gasteiger partial charge is 0.315 e. The predicted molar refractivity (Wildman–Crippen MR) is 61.1 cm³/mol. The number of aromatic nitrogens is 2. The lowest BCUT2D eigenvalue weighted by Gasteiger charge is -2.13. The zero-order chi connectivity index (χ0) is 12.0. The van der Waals surface area contributed by atoms with Gasteiger partial charge in [0.25, 0.3) is 0 Å². The maximum Gasteiger partial charge on any atom is 0.315 e. The zero-order valence-electron chi connectivity index (χ0n) is 9.19. The highest BCUT2D eigenvalue weighted by molar-refractivity contribution is 7.13. The number of carbonyl (C=O) groups is 2. The largest absolute Gasteiger partial charge is 0.345 e. The molecule has 2 amide bonds. The van der Waals surface area contributed by atoms with Crippen molar-refractivity contribution >= 4 is 28.3 Å². The molecule has 7 heteroatoms. The molecule has 0 spiro atoms. The molecule has 16 heavy (non-hydrogen) atoms. The molecule has 1 aromatic rings. The van der Waals surface area contributed by atoms with Crippen LogP contribution in [-0.2, 0) is 9.59 Å². The van der Waals surface area contributed by atoms with E-state index in [9.17, 15) is 9.59 Å². The monoisotopic (exact) mass is 242 g/mol. The molecular formula is C9H14N4O2S. The Kier molecular flexibility index (Phi) is 4.84. The molecule has 88 valence electrons. The van der Waals surface area contributed by atoms with Crippen molar-refractivity contribution in [2.45, 2.75) is 32.7 Å². The van der Waals surface area contributed by atoms with Gasteiger partial charge in [0.15, 0.2) is 0 Å². The topological polar surface area (TPSA) is 84.0 Å². The number of nitrogens with one attached hydrogen (secondary N) is 2. The Morgan fingerprint density at radius 3 is 2.56 bits per heavy atom. The van der Waals surface area contributed by atoms with Crippen molar-refractivity contribution in [1.82, 2.24) is 15.5 Å². The average Bonchev–Trinajstić information content (AvgIpc) is 2.78. The van der Waals surface area contributed by atoms with E-state index in [1.54, 1.807) is 0 Å². The van der Waals surface area contributed by atoms with E-state index < -0.39 is 11.8 Å². The van der Waals surface area contributed by atoms with Crippen molar-refractivity contribution in [1.29, 1.82) is 0 Å². The number of hydrogen-bond donors (Lipinski definition) is 2. The highest BCUT2D eigenvalue weighted by Gasteiger charge is 2.17. The Balaban J connectivity index is 2.45. The lowest BCUT2D eigenvalue weighted by Crippen LogP contribution is -2.41. The molecule has 0 aliphatic heterocycles. The molecule has 0 aliphatic rings. The zero-order valence-corrected chi connectivity index (χ0v) is 10.0. The Morgan fingerprint density at radius 1 is 1.38 bits per heavy atom. The number of amides is 2. The van der Waals surface area contributed by atoms with Crippen LogP contribution in [-0.4, -0.2) is 28.1 Å². The molecule has 0 aliphatic carbocycles. The van der Waals surface area contributed by atoms with Crippen molar-refractivity contribution in [2.24, 2.45) is 0 Å². The summed E-state index contributed by atoms with van der Waals surface area (Å²) >= 11 is 1.16. The van der Waals surface area contributed by atoms with E-state index in [1.807, 2.05) is 13.8 Å². The molecule has 0 atom stereocenters. The van der Waals surface area contributed by atoms with Crippen LogP contribution in [0.3, 0.4) is 0 Å². The van der Waals surface area contributed by atoms with Crippen LogP contribution >= 0.6 is 11.3 Å². The molecule has 2 N–H and O–H groups in total. The third-order valence-electron chi connectivity index (χ3n) is 2.11. The second-order valence-corrected chi connectivity index (χ2v) is 4.02. The van der Waals surface area contributed by atoms with Gasteiger partial charge in [0.05, 0.1) is 0 Å². The van der Waals surface area contributed by atoms with Gasteiger partial charge in [-0.2, -0.15) is 0 Å². The molecule has 0 bridgehead atoms. The van der Waals surface area contributed by atoms with Crippen molar-refractivity contribution < 1.29 is 9.59 Å². The summed E-state index contributed by atoms with van der Waals surface area (Å²) < 4.78 is 0. The first-order valence-electron chi connectivity index (χ1n) is 5.05. The van der Waals surface area contributed by atoms with Crippen molar-refractivity contribution in [2.75, 3.05) is 5.32 Å². The molecule has 0 saturated carbocycles. The van der Waals surface area contributed by atoms with Crippen LogP contribution in [0.25, 0.3) is 0 Å². The summed E-state index contributed by atoms with van der Waals surface area (Å²) in [6.07, 6.45) is 1.60. The van der Waals surface area contributed by atoms with E-state index in [1.165, 1.54) is 5.51 Å². The molecule has 1 heterocycles. The predicted octanol–water partition coefficient (Wildman–Crippen LogP) is 0.781. The van der Waals surface area contributed by atoms with Crippen LogP contribution in [0.4, 0.5) is 5.13 Å². The summed E-state index contributed by atoms with van der Waals surface area (Å²) in [6.45, 7) is 3.91. The molecule has 0 fully saturated rings. The Morgan fingerprint density at radius 2 is 2.06 bits per heavy atom. The van der Waals surface area contributed by atoms with Gasteiger partial charge in [-0.05, 0) is 12.8 Å². The average molecular weight is 242 g/mol. The molecule has 1 rings (SSSR count). The standard InChI is InChI=1S/C9H14N4O2S/c1-3-6(4-2)11-7(14)8(15)12-9-13-10-5-16-9/h5-6H,3-4H2,1-2H3,(H,11,14)(H,12,13,15). The van der Waals surface area contributed by atoms with Crippen LogP contribution in [0.15, 0.2) is 5.51 Å². The third-order valence-corrected chi connectivity index (χ3v) is 2.71. The maximum atomic E-state index is 11.4. The summed E-state index contributed by atoms with van der Waals surface area (Å²) in [4.78, 5) is 22.8. The minimum Gasteiger partial charge on any atom is -0.345 e. The van der Waals surface area contributed by atoms with Crippen molar-refractivity contribution in [3.05, 3.63) is 5.51 Å². The highest BCUT2D eigenvalue weighted by Crippen LogP contribution is 2.07. The minimum atomic E-state index is -0.705. The van der Waals surface area contributed by atoms with Gasteiger partial charge in [-0.1, -0.05) is 25.2 Å². The van der Waals surface area contributed by atoms with Gasteiger partial charge in [-0.25, -0.2) is 0 Å². The third kappa shape index (κ3) is 3.58. The first-order chi connectivity index (χ1) is 7.67. The van der Waals surface area contributed by atoms with E-state index in [0.29, 0.717) is 5.13 Å². The Labute approximate surface area is 97.5 Å². The summed E-state index contributed by atoms with van der Waals surface area (Å²) in [6, 6.07) is 0.0349. The Hall–Kier alpha value is -1.50. The lowest BCUT2D eigenvalue weighted by atomic mass is 10.2. The SMILES string of the molecule is CCC(CC)NC(=O)C(=O)Nc1nncs1. The van der Waals surface area contributed by atoms with Gasteiger partial charge in [-0.3, -0.25) is 14.9 Å². The maximum absolute atomic E-state index is 11.4. The van der Waals surface area contributed by atoms with E-state index in [0.717, 1.165) is 24.2 Å². The first kappa shape index (κ1) is 12.6. The van der Waals surface area contributed by atoms with E-state index in [-0.39, 0.29) is 6.04 Å². The van der Waals surface area contributed by atoms with E-state index in [2.05, 4.69) is 20.8 Å². The fourth-order valence-electron chi connectivity index (χ4n) is 1.13. The number of hydrogen-bond acceptors (Lipinski definition) is 5. The molecule has 0 aromatic carbocycles. The lowest BCUT2D eigenvalue weighted by molar-refractivity contribution is -0.136. The van der Waals surface area contributed by atoms with Crippen LogP contribution in [0.2, 0.25) is 0 Å². The van der Waals surface area contributed by atoms with Gasteiger partial charge >= 0.3 is 11.8 Å². The summed E-state index contributed by atoms with van der Waals surface area (Å²) in [5.74, 6) is -1.34. The molecule has 1 aromatic heterocycles. The number of carbonyl (C=O) groups excluding carboxylic acids is 2. The molecule has 0 radical (unpaired) electrons. The van der Waals surface area contributed by atoms with Gasteiger partial charge in [-0.15, -0.1) is 10.2 Å². The summed E-state index contributed by atoms with van der Waals surface area (Å²) in [5.41, 5.74) is 1.48. The van der Waals surface area contributed by atoms with Gasteiger partial charge in [0.2, 0.25) is 5.13 Å². The molecule has 0 unspecified atom stereocenters. The van der Waals surface area contributed by atoms with Gasteiger partial charge < -0.3 is 5.32 Å². The summed E-state index contributed by atoms with van der Waals surface area (Å²) in [7, 11) is 0. The fraction of sp³-hybridized carbons (Fsp3) is 0.556. The number of nitrogens with zero attached hydrogens (tertiary/aromatic N) is 2. The molecule has 6 nitrogen and oxygen atoms in total. The number of anilines is 1. The van der Waals surface area contributed by atoms with Gasteiger partial charge in [0, 0.05) is 6.04 Å². The normalized spacial score (nSPS) is 10.2. The Bertz CT molecular complexity index is 348. The second kappa shape index (κ2) is 6.16. The van der Waals surface area contributed by atoms with Crippen molar-refractivity contribution in [3.63, 3.8) is 0 Å². The van der Waals surface area contributed by atoms with Crippen LogP contribution in [0.5, 0.6) is 0 Å². The summed E-state index contributed by atoms with van der Waals surface area (Å²) in [5, 5.41) is 12.5.